The van der Waals surface area contributed by atoms with Gasteiger partial charge in [-0.1, -0.05) is 0 Å². The third-order valence-electron chi connectivity index (χ3n) is 6.31. The van der Waals surface area contributed by atoms with E-state index in [1.54, 1.807) is 0 Å². The van der Waals surface area contributed by atoms with Crippen LogP contribution in [-0.2, 0) is 0 Å². The molecular weight excluding hydrogens is 356 g/mol. The van der Waals surface area contributed by atoms with Crippen molar-refractivity contribution in [2.24, 2.45) is 11.1 Å². The maximum atomic E-state index is 14.9. The van der Waals surface area contributed by atoms with Crippen molar-refractivity contribution < 1.29 is 18.7 Å². The molecule has 3 N–H and O–H groups in total. The Kier molecular flexibility index (Phi) is 3.26. The van der Waals surface area contributed by atoms with Crippen LogP contribution in [-0.4, -0.2) is 40.9 Å². The van der Waals surface area contributed by atoms with Gasteiger partial charge in [0.1, 0.15) is 17.6 Å². The number of nitrogens with zero attached hydrogens (tertiary/aromatic N) is 2. The van der Waals surface area contributed by atoms with Gasteiger partial charge in [0.05, 0.1) is 17.2 Å². The summed E-state index contributed by atoms with van der Waals surface area (Å²) in [5.41, 5.74) is 5.72. The van der Waals surface area contributed by atoms with Crippen molar-refractivity contribution in [3.8, 4) is 0 Å². The molecule has 3 atom stereocenters. The third kappa shape index (κ3) is 2.39. The number of benzene rings is 1. The van der Waals surface area contributed by atoms with E-state index in [0.717, 1.165) is 18.9 Å². The monoisotopic (exact) mass is 375 g/mol. The predicted molar refractivity (Wildman–Crippen MR) is 95.5 cm³/mol. The Morgan fingerprint density at radius 1 is 1.33 bits per heavy atom. The number of fused-ring (bicyclic) bond motifs is 1. The molecule has 1 spiro atoms. The van der Waals surface area contributed by atoms with Gasteiger partial charge >= 0.3 is 5.97 Å². The van der Waals surface area contributed by atoms with Crippen LogP contribution < -0.4 is 16.1 Å². The van der Waals surface area contributed by atoms with Crippen molar-refractivity contribution >= 4 is 22.6 Å². The van der Waals surface area contributed by atoms with Crippen LogP contribution in [0.3, 0.4) is 0 Å². The van der Waals surface area contributed by atoms with E-state index in [9.17, 15) is 23.5 Å². The third-order valence-corrected chi connectivity index (χ3v) is 6.31. The standard InChI is InChI=1S/C19H19F2N3O3/c20-11-3-9-13(5-14(11)23-7-16(22)19(8-23)1-2-19)24(15-4-12(15)21)6-10(17(9)25)18(26)27/h3,5-6,12,15-16H,1-2,4,7-8,22H2,(H,26,27). The highest BCUT2D eigenvalue weighted by molar-refractivity contribution is 5.93. The zero-order chi connectivity index (χ0) is 19.1. The molecule has 1 aromatic carbocycles. The van der Waals surface area contributed by atoms with Crippen molar-refractivity contribution in [1.82, 2.24) is 4.57 Å². The van der Waals surface area contributed by atoms with Crippen LogP contribution >= 0.6 is 0 Å². The highest BCUT2D eigenvalue weighted by Gasteiger charge is 2.53. The van der Waals surface area contributed by atoms with E-state index in [-0.39, 0.29) is 23.3 Å². The van der Waals surface area contributed by atoms with E-state index in [2.05, 4.69) is 0 Å². The Morgan fingerprint density at radius 2 is 2.04 bits per heavy atom. The van der Waals surface area contributed by atoms with Crippen molar-refractivity contribution in [2.75, 3.05) is 18.0 Å². The molecule has 2 aliphatic carbocycles. The molecule has 27 heavy (non-hydrogen) atoms. The Balaban J connectivity index is 1.69. The molecule has 6 nitrogen and oxygen atoms in total. The first-order valence-corrected chi connectivity index (χ1v) is 9.07. The van der Waals surface area contributed by atoms with E-state index in [4.69, 9.17) is 5.73 Å². The number of aromatic nitrogens is 1. The number of carboxylic acids is 1. The van der Waals surface area contributed by atoms with Gasteiger partial charge in [0.15, 0.2) is 0 Å². The van der Waals surface area contributed by atoms with Crippen LogP contribution in [0.5, 0.6) is 0 Å². The minimum Gasteiger partial charge on any atom is -0.477 e. The average Bonchev–Trinajstić information content (AvgIpc) is 3.50. The molecule has 1 aromatic heterocycles. The predicted octanol–water partition coefficient (Wildman–Crippen LogP) is 2.05. The Bertz CT molecular complexity index is 1050. The molecule has 1 saturated heterocycles. The second-order valence-electron chi connectivity index (χ2n) is 8.07. The Labute approximate surface area is 153 Å². The van der Waals surface area contributed by atoms with Gasteiger partial charge in [-0.25, -0.2) is 13.6 Å². The number of nitrogens with two attached hydrogens (primary N) is 1. The van der Waals surface area contributed by atoms with E-state index in [0.29, 0.717) is 24.3 Å². The highest BCUT2D eigenvalue weighted by Crippen LogP contribution is 2.53. The second-order valence-corrected chi connectivity index (χ2v) is 8.07. The zero-order valence-electron chi connectivity index (χ0n) is 14.5. The molecule has 2 aromatic rings. The van der Waals surface area contributed by atoms with Gasteiger partial charge in [-0.05, 0) is 25.0 Å². The Morgan fingerprint density at radius 3 is 2.59 bits per heavy atom. The second kappa shape index (κ2) is 5.28. The quantitative estimate of drug-likeness (QED) is 0.857. The first-order chi connectivity index (χ1) is 12.8. The van der Waals surface area contributed by atoms with Crippen molar-refractivity contribution in [2.45, 2.75) is 37.5 Å². The molecule has 142 valence electrons. The molecule has 1 aliphatic heterocycles. The molecule has 3 fully saturated rings. The lowest BCUT2D eigenvalue weighted by Crippen LogP contribution is -2.30. The molecule has 0 amide bonds. The van der Waals surface area contributed by atoms with Crippen LogP contribution in [0.1, 0.15) is 35.7 Å². The maximum Gasteiger partial charge on any atom is 0.341 e. The highest BCUT2D eigenvalue weighted by atomic mass is 19.1. The summed E-state index contributed by atoms with van der Waals surface area (Å²) in [5, 5.41) is 9.24. The van der Waals surface area contributed by atoms with Crippen LogP contribution in [0.4, 0.5) is 14.5 Å². The smallest absolute Gasteiger partial charge is 0.341 e. The summed E-state index contributed by atoms with van der Waals surface area (Å²) in [4.78, 5) is 25.8. The zero-order valence-corrected chi connectivity index (χ0v) is 14.5. The van der Waals surface area contributed by atoms with Crippen molar-refractivity contribution in [3.63, 3.8) is 0 Å². The number of alkyl halides is 1. The first-order valence-electron chi connectivity index (χ1n) is 9.07. The van der Waals surface area contributed by atoms with E-state index in [1.165, 1.54) is 16.8 Å². The summed E-state index contributed by atoms with van der Waals surface area (Å²) < 4.78 is 30.0. The number of pyridine rings is 1. The molecule has 5 rings (SSSR count). The minimum atomic E-state index is -1.41. The van der Waals surface area contributed by atoms with E-state index in [1.807, 2.05) is 4.90 Å². The van der Waals surface area contributed by atoms with Gasteiger partial charge in [0.25, 0.3) is 0 Å². The molecule has 2 heterocycles. The maximum absolute atomic E-state index is 14.9. The lowest BCUT2D eigenvalue weighted by molar-refractivity contribution is 0.0694. The summed E-state index contributed by atoms with van der Waals surface area (Å²) in [7, 11) is 0. The van der Waals surface area contributed by atoms with Gasteiger partial charge in [-0.2, -0.15) is 0 Å². The molecule has 3 unspecified atom stereocenters. The van der Waals surface area contributed by atoms with Crippen molar-refractivity contribution in [1.29, 1.82) is 0 Å². The van der Waals surface area contributed by atoms with Gasteiger partial charge in [-0.15, -0.1) is 0 Å². The summed E-state index contributed by atoms with van der Waals surface area (Å²) >= 11 is 0. The molecule has 3 aliphatic rings. The number of hydrogen-bond donors (Lipinski definition) is 2. The number of carbonyl (C=O) groups is 1. The summed E-state index contributed by atoms with van der Waals surface area (Å²) in [6.45, 7) is 1.18. The van der Waals surface area contributed by atoms with E-state index >= 15 is 0 Å². The fourth-order valence-electron chi connectivity index (χ4n) is 4.33. The first kappa shape index (κ1) is 16.7. The largest absolute Gasteiger partial charge is 0.477 e. The number of carboxylic acid groups (broad SMARTS) is 1. The lowest BCUT2D eigenvalue weighted by Gasteiger charge is -2.21. The summed E-state index contributed by atoms with van der Waals surface area (Å²) in [6.07, 6.45) is 2.38. The summed E-state index contributed by atoms with van der Waals surface area (Å²) in [6, 6.07) is 2.06. The molecular formula is C19H19F2N3O3. The van der Waals surface area contributed by atoms with Gasteiger partial charge in [0.2, 0.25) is 5.43 Å². The molecule has 2 saturated carbocycles. The molecule has 8 heteroatoms. The molecule has 0 bridgehead atoms. The normalized spacial score (nSPS) is 28.1. The summed E-state index contributed by atoms with van der Waals surface area (Å²) in [5.74, 6) is -2.00. The van der Waals surface area contributed by atoms with Gasteiger partial charge in [0, 0.05) is 42.6 Å². The fraction of sp³-hybridized carbons (Fsp3) is 0.474. The van der Waals surface area contributed by atoms with Gasteiger partial charge < -0.3 is 20.3 Å². The van der Waals surface area contributed by atoms with E-state index < -0.39 is 35.0 Å². The Hall–Kier alpha value is -2.48. The lowest BCUT2D eigenvalue weighted by atomic mass is 10.0. The average molecular weight is 375 g/mol. The van der Waals surface area contributed by atoms with Crippen LogP contribution in [0.15, 0.2) is 23.1 Å². The molecule has 0 radical (unpaired) electrons. The number of aromatic carboxylic acids is 1. The number of halogens is 2. The van der Waals surface area contributed by atoms with Gasteiger partial charge in [-0.3, -0.25) is 4.79 Å². The minimum absolute atomic E-state index is 0.0252. The number of hydrogen-bond acceptors (Lipinski definition) is 4. The van der Waals surface area contributed by atoms with Crippen LogP contribution in [0.2, 0.25) is 0 Å². The SMILES string of the molecule is NC1CN(c2cc3c(cc2F)c(=O)c(C(=O)O)cn3C2CC2F)CC12CC2. The van der Waals surface area contributed by atoms with Crippen LogP contribution in [0, 0.1) is 11.2 Å². The van der Waals surface area contributed by atoms with Crippen LogP contribution in [0.25, 0.3) is 10.9 Å². The fourth-order valence-corrected chi connectivity index (χ4v) is 4.33. The number of rotatable bonds is 3. The topological polar surface area (TPSA) is 88.6 Å². The van der Waals surface area contributed by atoms with Crippen molar-refractivity contribution in [3.05, 3.63) is 39.9 Å². The number of anilines is 1.